The Morgan fingerprint density at radius 1 is 0.900 bits per heavy atom. The number of aryl methyl sites for hydroxylation is 2. The highest BCUT2D eigenvalue weighted by atomic mass is 16.4. The fraction of sp³-hybridized carbons (Fsp3) is 0.235. The van der Waals surface area contributed by atoms with Crippen molar-refractivity contribution in [1.82, 2.24) is 4.90 Å². The van der Waals surface area contributed by atoms with Crippen LogP contribution in [-0.2, 0) is 13.1 Å². The van der Waals surface area contributed by atoms with Crippen molar-refractivity contribution in [3.05, 3.63) is 70.8 Å². The summed E-state index contributed by atoms with van der Waals surface area (Å²) in [5.41, 5.74) is 4.32. The number of nitrogens with zero attached hydrogens (tertiary/aromatic N) is 1. The Labute approximate surface area is 119 Å². The van der Waals surface area contributed by atoms with Crippen molar-refractivity contribution in [3.63, 3.8) is 0 Å². The van der Waals surface area contributed by atoms with Gasteiger partial charge in [-0.25, -0.2) is 4.79 Å². The van der Waals surface area contributed by atoms with Crippen LogP contribution in [0.15, 0.2) is 48.5 Å². The topological polar surface area (TPSA) is 40.5 Å². The third-order valence-electron chi connectivity index (χ3n) is 3.52. The molecule has 0 heterocycles. The van der Waals surface area contributed by atoms with E-state index in [1.807, 2.05) is 62.4 Å². The van der Waals surface area contributed by atoms with Gasteiger partial charge in [0.2, 0.25) is 0 Å². The van der Waals surface area contributed by atoms with Crippen molar-refractivity contribution < 1.29 is 9.90 Å². The van der Waals surface area contributed by atoms with Crippen LogP contribution in [0.4, 0.5) is 4.79 Å². The molecule has 0 fully saturated rings. The number of carbonyl (C=O) groups is 1. The molecule has 2 aromatic carbocycles. The molecular weight excluding hydrogens is 250 g/mol. The van der Waals surface area contributed by atoms with Crippen molar-refractivity contribution >= 4 is 6.09 Å². The van der Waals surface area contributed by atoms with Gasteiger partial charge in [0.15, 0.2) is 0 Å². The summed E-state index contributed by atoms with van der Waals surface area (Å²) in [5, 5.41) is 9.40. The molecule has 0 spiro atoms. The second-order valence-electron chi connectivity index (χ2n) is 4.99. The van der Waals surface area contributed by atoms with E-state index in [0.717, 1.165) is 22.3 Å². The molecule has 0 radical (unpaired) electrons. The molecule has 0 saturated carbocycles. The Bertz CT molecular complexity index is 560. The Hall–Kier alpha value is -2.29. The van der Waals surface area contributed by atoms with Crippen LogP contribution >= 0.6 is 0 Å². The first kappa shape index (κ1) is 14.1. The minimum atomic E-state index is -0.892. The summed E-state index contributed by atoms with van der Waals surface area (Å²) in [7, 11) is 0. The van der Waals surface area contributed by atoms with Crippen LogP contribution in [0.1, 0.15) is 22.3 Å². The zero-order chi connectivity index (χ0) is 14.5. The third-order valence-corrected chi connectivity index (χ3v) is 3.52. The molecule has 0 atom stereocenters. The molecule has 0 unspecified atom stereocenters. The quantitative estimate of drug-likeness (QED) is 0.912. The first-order chi connectivity index (χ1) is 9.58. The van der Waals surface area contributed by atoms with E-state index < -0.39 is 6.09 Å². The highest BCUT2D eigenvalue weighted by molar-refractivity contribution is 5.65. The summed E-state index contributed by atoms with van der Waals surface area (Å²) >= 11 is 0. The molecule has 0 aliphatic heterocycles. The molecule has 0 saturated heterocycles. The average Bonchev–Trinajstić information content (AvgIpc) is 2.42. The molecule has 0 aliphatic rings. The predicted octanol–water partition coefficient (Wildman–Crippen LogP) is 3.98. The fourth-order valence-electron chi connectivity index (χ4n) is 2.18. The minimum Gasteiger partial charge on any atom is -0.465 e. The van der Waals surface area contributed by atoms with Gasteiger partial charge in [-0.15, -0.1) is 0 Å². The standard InChI is InChI=1S/C17H19NO2/c1-13-7-3-5-9-15(13)11-18(17(19)20)12-16-10-6-4-8-14(16)2/h3-10H,11-12H2,1-2H3,(H,19,20). The lowest BCUT2D eigenvalue weighted by atomic mass is 10.1. The van der Waals surface area contributed by atoms with E-state index in [-0.39, 0.29) is 0 Å². The molecule has 1 N–H and O–H groups in total. The highest BCUT2D eigenvalue weighted by Gasteiger charge is 2.14. The van der Waals surface area contributed by atoms with Crippen LogP contribution in [0.3, 0.4) is 0 Å². The SMILES string of the molecule is Cc1ccccc1CN(Cc1ccccc1C)C(=O)O. The van der Waals surface area contributed by atoms with Gasteiger partial charge in [0, 0.05) is 13.1 Å². The van der Waals surface area contributed by atoms with E-state index in [1.54, 1.807) is 0 Å². The van der Waals surface area contributed by atoms with Gasteiger partial charge < -0.3 is 5.11 Å². The van der Waals surface area contributed by atoms with Crippen LogP contribution in [0.2, 0.25) is 0 Å². The second-order valence-corrected chi connectivity index (χ2v) is 4.99. The summed E-state index contributed by atoms with van der Waals surface area (Å²) < 4.78 is 0. The van der Waals surface area contributed by atoms with Gasteiger partial charge in [-0.2, -0.15) is 0 Å². The van der Waals surface area contributed by atoms with Gasteiger partial charge in [0.05, 0.1) is 0 Å². The van der Waals surface area contributed by atoms with Crippen LogP contribution < -0.4 is 0 Å². The number of amides is 1. The maximum absolute atomic E-state index is 11.5. The molecule has 3 nitrogen and oxygen atoms in total. The lowest BCUT2D eigenvalue weighted by Crippen LogP contribution is -2.29. The van der Waals surface area contributed by atoms with Crippen LogP contribution in [0.25, 0.3) is 0 Å². The second kappa shape index (κ2) is 6.24. The molecule has 2 rings (SSSR count). The predicted molar refractivity (Wildman–Crippen MR) is 79.6 cm³/mol. The molecule has 0 aromatic heterocycles. The van der Waals surface area contributed by atoms with Crippen LogP contribution in [-0.4, -0.2) is 16.1 Å². The lowest BCUT2D eigenvalue weighted by molar-refractivity contribution is 0.139. The zero-order valence-electron chi connectivity index (χ0n) is 11.8. The first-order valence-corrected chi connectivity index (χ1v) is 6.65. The molecule has 104 valence electrons. The number of hydrogen-bond donors (Lipinski definition) is 1. The molecule has 0 bridgehead atoms. The number of benzene rings is 2. The molecule has 2 aromatic rings. The van der Waals surface area contributed by atoms with Crippen molar-refractivity contribution in [1.29, 1.82) is 0 Å². The number of rotatable bonds is 4. The van der Waals surface area contributed by atoms with E-state index in [2.05, 4.69) is 0 Å². The minimum absolute atomic E-state index is 0.413. The summed E-state index contributed by atoms with van der Waals surface area (Å²) in [6, 6.07) is 15.8. The van der Waals surface area contributed by atoms with E-state index in [9.17, 15) is 9.90 Å². The number of hydrogen-bond acceptors (Lipinski definition) is 1. The van der Waals surface area contributed by atoms with Crippen molar-refractivity contribution in [2.75, 3.05) is 0 Å². The molecular formula is C17H19NO2. The van der Waals surface area contributed by atoms with Crippen LogP contribution in [0, 0.1) is 13.8 Å². The van der Waals surface area contributed by atoms with Crippen molar-refractivity contribution in [3.8, 4) is 0 Å². The van der Waals surface area contributed by atoms with E-state index in [1.165, 1.54) is 4.90 Å². The Morgan fingerprint density at radius 2 is 1.30 bits per heavy atom. The maximum Gasteiger partial charge on any atom is 0.407 e. The lowest BCUT2D eigenvalue weighted by Gasteiger charge is -2.21. The van der Waals surface area contributed by atoms with Crippen molar-refractivity contribution in [2.24, 2.45) is 0 Å². The van der Waals surface area contributed by atoms with E-state index in [4.69, 9.17) is 0 Å². The largest absolute Gasteiger partial charge is 0.465 e. The maximum atomic E-state index is 11.5. The summed E-state index contributed by atoms with van der Waals surface area (Å²) in [6.07, 6.45) is -0.892. The molecule has 1 amide bonds. The van der Waals surface area contributed by atoms with E-state index >= 15 is 0 Å². The fourth-order valence-corrected chi connectivity index (χ4v) is 2.18. The summed E-state index contributed by atoms with van der Waals surface area (Å²) in [4.78, 5) is 12.9. The molecule has 20 heavy (non-hydrogen) atoms. The smallest absolute Gasteiger partial charge is 0.407 e. The Kier molecular flexibility index (Phi) is 4.41. The van der Waals surface area contributed by atoms with Gasteiger partial charge >= 0.3 is 6.09 Å². The van der Waals surface area contributed by atoms with Gasteiger partial charge in [-0.3, -0.25) is 4.90 Å². The first-order valence-electron chi connectivity index (χ1n) is 6.65. The van der Waals surface area contributed by atoms with E-state index in [0.29, 0.717) is 13.1 Å². The number of carboxylic acid groups (broad SMARTS) is 1. The van der Waals surface area contributed by atoms with Crippen molar-refractivity contribution in [2.45, 2.75) is 26.9 Å². The van der Waals surface area contributed by atoms with Gasteiger partial charge in [0.25, 0.3) is 0 Å². The summed E-state index contributed by atoms with van der Waals surface area (Å²) in [5.74, 6) is 0. The zero-order valence-corrected chi connectivity index (χ0v) is 11.8. The van der Waals surface area contributed by atoms with Crippen LogP contribution in [0.5, 0.6) is 0 Å². The highest BCUT2D eigenvalue weighted by Crippen LogP contribution is 2.15. The van der Waals surface area contributed by atoms with Gasteiger partial charge in [0.1, 0.15) is 0 Å². The third kappa shape index (κ3) is 3.38. The summed E-state index contributed by atoms with van der Waals surface area (Å²) in [6.45, 7) is 4.83. The van der Waals surface area contributed by atoms with Gasteiger partial charge in [-0.05, 0) is 36.1 Å². The monoisotopic (exact) mass is 269 g/mol. The Morgan fingerprint density at radius 3 is 1.65 bits per heavy atom. The average molecular weight is 269 g/mol. The Balaban J connectivity index is 2.19. The normalized spacial score (nSPS) is 10.3. The molecule has 3 heteroatoms. The van der Waals surface area contributed by atoms with Gasteiger partial charge in [-0.1, -0.05) is 48.5 Å². The molecule has 0 aliphatic carbocycles.